The molecule has 0 radical (unpaired) electrons. The van der Waals surface area contributed by atoms with Crippen molar-refractivity contribution in [2.75, 3.05) is 11.4 Å². The fraction of sp³-hybridized carbons (Fsp3) is 0.286. The van der Waals surface area contributed by atoms with Crippen molar-refractivity contribution in [3.8, 4) is 0 Å². The first-order chi connectivity index (χ1) is 17.3. The fourth-order valence-corrected chi connectivity index (χ4v) is 7.32. The molecule has 8 heteroatoms. The van der Waals surface area contributed by atoms with Gasteiger partial charge in [0.25, 0.3) is 0 Å². The minimum Gasteiger partial charge on any atom is -0.282 e. The molecule has 0 saturated carbocycles. The first kappa shape index (κ1) is 24.6. The molecule has 1 amide bonds. The smallest absolute Gasteiger partial charge is 0.247 e. The molecule has 5 rings (SSSR count). The fourth-order valence-electron chi connectivity index (χ4n) is 4.64. The summed E-state index contributed by atoms with van der Waals surface area (Å²) in [6.45, 7) is 6.65. The van der Waals surface area contributed by atoms with Gasteiger partial charge in [-0.1, -0.05) is 65.4 Å². The van der Waals surface area contributed by atoms with Gasteiger partial charge in [-0.15, -0.1) is 0 Å². The predicted molar refractivity (Wildman–Crippen MR) is 145 cm³/mol. The molecule has 186 valence electrons. The van der Waals surface area contributed by atoms with Gasteiger partial charge in [0.2, 0.25) is 15.9 Å². The van der Waals surface area contributed by atoms with E-state index >= 15 is 0 Å². The second kappa shape index (κ2) is 9.76. The molecule has 1 unspecified atom stereocenters. The van der Waals surface area contributed by atoms with Crippen LogP contribution in [0.15, 0.2) is 71.6 Å². The number of sulfonamides is 1. The van der Waals surface area contributed by atoms with Gasteiger partial charge in [0, 0.05) is 6.54 Å². The molecular weight excluding hydrogens is 490 g/mol. The monoisotopic (exact) mass is 519 g/mol. The van der Waals surface area contributed by atoms with Crippen molar-refractivity contribution in [2.24, 2.45) is 0 Å². The number of carbonyl (C=O) groups is 1. The lowest BCUT2D eigenvalue weighted by atomic mass is 10.1. The minimum absolute atomic E-state index is 0.216. The van der Waals surface area contributed by atoms with E-state index in [2.05, 4.69) is 6.07 Å². The molecular formula is C28H29N3O3S2. The number of fused-ring (bicyclic) bond motifs is 1. The van der Waals surface area contributed by atoms with Crippen LogP contribution < -0.4 is 4.90 Å². The van der Waals surface area contributed by atoms with Crippen LogP contribution in [0.2, 0.25) is 0 Å². The summed E-state index contributed by atoms with van der Waals surface area (Å²) in [5.74, 6) is -0.236. The molecule has 0 N–H and O–H groups in total. The van der Waals surface area contributed by atoms with E-state index in [0.717, 1.165) is 32.5 Å². The first-order valence-corrected chi connectivity index (χ1v) is 14.3. The molecule has 1 aliphatic heterocycles. The number of benzene rings is 3. The van der Waals surface area contributed by atoms with E-state index in [1.54, 1.807) is 29.2 Å². The van der Waals surface area contributed by atoms with Gasteiger partial charge in [0.05, 0.1) is 21.7 Å². The summed E-state index contributed by atoms with van der Waals surface area (Å²) < 4.78 is 29.5. The number of hydrogen-bond acceptors (Lipinski definition) is 5. The molecule has 36 heavy (non-hydrogen) atoms. The van der Waals surface area contributed by atoms with Crippen LogP contribution >= 0.6 is 11.3 Å². The highest BCUT2D eigenvalue weighted by Gasteiger charge is 2.42. The van der Waals surface area contributed by atoms with E-state index in [0.29, 0.717) is 31.1 Å². The summed E-state index contributed by atoms with van der Waals surface area (Å²) in [5, 5.41) is 0.590. The van der Waals surface area contributed by atoms with Crippen LogP contribution in [0.5, 0.6) is 0 Å². The van der Waals surface area contributed by atoms with Crippen LogP contribution in [0.25, 0.3) is 10.2 Å². The van der Waals surface area contributed by atoms with E-state index in [-0.39, 0.29) is 10.8 Å². The number of aromatic nitrogens is 1. The lowest BCUT2D eigenvalue weighted by Gasteiger charge is -2.28. The molecule has 1 aromatic heterocycles. The summed E-state index contributed by atoms with van der Waals surface area (Å²) in [6.07, 6.45) is 1.12. The van der Waals surface area contributed by atoms with Gasteiger partial charge < -0.3 is 0 Å². The Morgan fingerprint density at radius 2 is 1.75 bits per heavy atom. The average molecular weight is 520 g/mol. The number of amides is 1. The van der Waals surface area contributed by atoms with Crippen LogP contribution in [0, 0.1) is 20.8 Å². The molecule has 4 aromatic rings. The van der Waals surface area contributed by atoms with Crippen molar-refractivity contribution in [1.29, 1.82) is 0 Å². The topological polar surface area (TPSA) is 70.6 Å². The quantitative estimate of drug-likeness (QED) is 0.332. The summed E-state index contributed by atoms with van der Waals surface area (Å²) in [7, 11) is -3.81. The maximum Gasteiger partial charge on any atom is 0.247 e. The second-order valence-electron chi connectivity index (χ2n) is 9.35. The van der Waals surface area contributed by atoms with Gasteiger partial charge in [0.1, 0.15) is 6.04 Å². The zero-order valence-electron chi connectivity index (χ0n) is 20.6. The average Bonchev–Trinajstić information content (AvgIpc) is 3.54. The Kier molecular flexibility index (Phi) is 6.68. The Hall–Kier alpha value is -3.07. The third kappa shape index (κ3) is 4.56. The Labute approximate surface area is 216 Å². The highest BCUT2D eigenvalue weighted by molar-refractivity contribution is 7.89. The number of aryl methyl sites for hydroxylation is 3. The summed E-state index contributed by atoms with van der Waals surface area (Å²) in [4.78, 5) is 20.9. The van der Waals surface area contributed by atoms with Crippen LogP contribution in [0.3, 0.4) is 0 Å². The van der Waals surface area contributed by atoms with Crippen molar-refractivity contribution in [2.45, 2.75) is 51.1 Å². The molecule has 0 spiro atoms. The van der Waals surface area contributed by atoms with Gasteiger partial charge in [-0.2, -0.15) is 4.31 Å². The van der Waals surface area contributed by atoms with E-state index in [1.165, 1.54) is 15.6 Å². The SMILES string of the molecule is Cc1ccc(S(=O)(=O)N2CCCC2C(=O)N(Cc2ccccc2)c2nc3c(C)c(C)ccc3s2)cc1. The number of anilines is 1. The Morgan fingerprint density at radius 3 is 2.47 bits per heavy atom. The van der Waals surface area contributed by atoms with Gasteiger partial charge >= 0.3 is 0 Å². The Morgan fingerprint density at radius 1 is 1.03 bits per heavy atom. The number of hydrogen-bond donors (Lipinski definition) is 0. The summed E-state index contributed by atoms with van der Waals surface area (Å²) in [6, 6.07) is 19.9. The van der Waals surface area contributed by atoms with Gasteiger partial charge in [-0.3, -0.25) is 9.69 Å². The maximum atomic E-state index is 14.1. The highest BCUT2D eigenvalue weighted by Crippen LogP contribution is 2.35. The van der Waals surface area contributed by atoms with Crippen molar-refractivity contribution >= 4 is 42.6 Å². The molecule has 1 fully saturated rings. The van der Waals surface area contributed by atoms with Crippen molar-refractivity contribution < 1.29 is 13.2 Å². The lowest BCUT2D eigenvalue weighted by Crippen LogP contribution is -2.47. The standard InChI is InChI=1S/C28H29N3O3S2/c1-19-11-14-23(15-12-19)36(33,34)31-17-7-10-24(31)27(32)30(18-22-8-5-4-6-9-22)28-29-26-21(3)20(2)13-16-25(26)35-28/h4-6,8-9,11-16,24H,7,10,17-18H2,1-3H3. The zero-order valence-corrected chi connectivity index (χ0v) is 22.3. The number of thiazole rings is 1. The molecule has 3 aromatic carbocycles. The van der Waals surface area contributed by atoms with E-state index in [1.807, 2.05) is 57.2 Å². The van der Waals surface area contributed by atoms with Crippen molar-refractivity contribution in [3.05, 3.63) is 89.0 Å². The van der Waals surface area contributed by atoms with E-state index in [4.69, 9.17) is 4.98 Å². The predicted octanol–water partition coefficient (Wildman–Crippen LogP) is 5.61. The van der Waals surface area contributed by atoms with Crippen LogP contribution in [-0.4, -0.2) is 36.2 Å². The molecule has 6 nitrogen and oxygen atoms in total. The highest BCUT2D eigenvalue weighted by atomic mass is 32.2. The second-order valence-corrected chi connectivity index (χ2v) is 12.2. The largest absolute Gasteiger partial charge is 0.282 e. The molecule has 1 aliphatic rings. The van der Waals surface area contributed by atoms with Gasteiger partial charge in [-0.05, 0) is 68.5 Å². The Balaban J connectivity index is 1.54. The van der Waals surface area contributed by atoms with Crippen LogP contribution in [0.1, 0.15) is 35.1 Å². The Bertz CT molecular complexity index is 1510. The minimum atomic E-state index is -3.81. The molecule has 2 heterocycles. The van der Waals surface area contributed by atoms with Crippen LogP contribution in [0.4, 0.5) is 5.13 Å². The molecule has 0 aliphatic carbocycles. The third-order valence-corrected chi connectivity index (χ3v) is 9.84. The van der Waals surface area contributed by atoms with Gasteiger partial charge in [-0.25, -0.2) is 13.4 Å². The lowest BCUT2D eigenvalue weighted by molar-refractivity contribution is -0.121. The number of carbonyl (C=O) groups excluding carboxylic acids is 1. The molecule has 0 bridgehead atoms. The van der Waals surface area contributed by atoms with Gasteiger partial charge in [0.15, 0.2) is 5.13 Å². The normalized spacial score (nSPS) is 16.5. The first-order valence-electron chi connectivity index (χ1n) is 12.1. The molecule has 1 saturated heterocycles. The number of rotatable bonds is 6. The van der Waals surface area contributed by atoms with E-state index in [9.17, 15) is 13.2 Å². The third-order valence-electron chi connectivity index (χ3n) is 6.87. The maximum absolute atomic E-state index is 14.1. The molecule has 1 atom stereocenters. The van der Waals surface area contributed by atoms with Crippen LogP contribution in [-0.2, 0) is 21.4 Å². The van der Waals surface area contributed by atoms with Crippen molar-refractivity contribution in [1.82, 2.24) is 9.29 Å². The zero-order chi connectivity index (χ0) is 25.4. The summed E-state index contributed by atoms with van der Waals surface area (Å²) in [5.41, 5.74) is 5.07. The van der Waals surface area contributed by atoms with E-state index < -0.39 is 16.1 Å². The summed E-state index contributed by atoms with van der Waals surface area (Å²) >= 11 is 1.47. The number of nitrogens with zero attached hydrogens (tertiary/aromatic N) is 3. The van der Waals surface area contributed by atoms with Crippen molar-refractivity contribution in [3.63, 3.8) is 0 Å².